The van der Waals surface area contributed by atoms with Crippen molar-refractivity contribution in [3.8, 4) is 12.3 Å². The second kappa shape index (κ2) is 5.96. The normalized spacial score (nSPS) is 11.9. The summed E-state index contributed by atoms with van der Waals surface area (Å²) in [4.78, 5) is 9.82. The Morgan fingerprint density at radius 2 is 2.22 bits per heavy atom. The minimum Gasteiger partial charge on any atom is -0.371 e. The first-order valence-electron chi connectivity index (χ1n) is 5.28. The number of terminal acetylenes is 1. The fraction of sp³-hybridized carbons (Fsp3) is 0.333. The summed E-state index contributed by atoms with van der Waals surface area (Å²) in [7, 11) is 0. The van der Waals surface area contributed by atoms with Gasteiger partial charge in [-0.15, -0.1) is 6.42 Å². The first-order chi connectivity index (χ1) is 8.49. The fourth-order valence-corrected chi connectivity index (χ4v) is 1.42. The Labute approximate surface area is 103 Å². The number of hydrogen-bond donors (Lipinski definition) is 1. The number of benzene rings is 1. The van der Waals surface area contributed by atoms with Crippen LogP contribution in [0.2, 0.25) is 0 Å². The summed E-state index contributed by atoms with van der Waals surface area (Å²) in [6.45, 7) is 1.81. The highest BCUT2D eigenvalue weighted by atomic mass is 19.3. The number of anilines is 1. The molecule has 0 aromatic heterocycles. The molecule has 1 aromatic rings. The van der Waals surface area contributed by atoms with E-state index in [4.69, 9.17) is 6.42 Å². The third-order valence-electron chi connectivity index (χ3n) is 2.42. The number of nitro benzene ring substituents is 1. The largest absolute Gasteiger partial charge is 0.371 e. The van der Waals surface area contributed by atoms with Crippen LogP contribution in [0.15, 0.2) is 18.2 Å². The highest BCUT2D eigenvalue weighted by molar-refractivity contribution is 5.57. The summed E-state index contributed by atoms with van der Waals surface area (Å²) in [5.74, 6) is 2.41. The zero-order chi connectivity index (χ0) is 13.7. The third kappa shape index (κ3) is 3.17. The zero-order valence-electron chi connectivity index (χ0n) is 9.69. The molecule has 1 atom stereocenters. The van der Waals surface area contributed by atoms with Crippen LogP contribution < -0.4 is 5.32 Å². The first-order valence-corrected chi connectivity index (χ1v) is 5.28. The maximum atomic E-state index is 12.8. The molecule has 0 aliphatic heterocycles. The van der Waals surface area contributed by atoms with Gasteiger partial charge >= 0.3 is 0 Å². The van der Waals surface area contributed by atoms with Gasteiger partial charge in [-0.25, -0.2) is 8.78 Å². The first kappa shape index (κ1) is 13.9. The maximum Gasteiger partial charge on any atom is 0.270 e. The standard InChI is InChI=1S/C12H12F2N2O2/c1-3-8(4-2)15-11-6-5-9(16(17)18)7-10(11)12(13)14/h1,5-8,12,15H,4H2,2H3. The van der Waals surface area contributed by atoms with Crippen LogP contribution in [0.5, 0.6) is 0 Å². The highest BCUT2D eigenvalue weighted by Gasteiger charge is 2.18. The smallest absolute Gasteiger partial charge is 0.270 e. The Kier molecular flexibility index (Phi) is 4.60. The number of halogens is 2. The number of hydrogen-bond acceptors (Lipinski definition) is 3. The van der Waals surface area contributed by atoms with Gasteiger partial charge < -0.3 is 5.32 Å². The topological polar surface area (TPSA) is 55.2 Å². The second-order valence-electron chi connectivity index (χ2n) is 3.60. The Balaban J connectivity index is 3.12. The van der Waals surface area contributed by atoms with Gasteiger partial charge in [-0.1, -0.05) is 12.8 Å². The molecule has 1 N–H and O–H groups in total. The van der Waals surface area contributed by atoms with Gasteiger partial charge in [0, 0.05) is 23.4 Å². The van der Waals surface area contributed by atoms with Gasteiger partial charge in [-0.2, -0.15) is 0 Å². The number of alkyl halides is 2. The van der Waals surface area contributed by atoms with Crippen molar-refractivity contribution in [2.75, 3.05) is 5.32 Å². The molecule has 0 amide bonds. The van der Waals surface area contributed by atoms with Crippen molar-refractivity contribution in [2.24, 2.45) is 0 Å². The molecule has 1 aromatic carbocycles. The summed E-state index contributed by atoms with van der Waals surface area (Å²) in [6.07, 6.45) is 2.99. The third-order valence-corrected chi connectivity index (χ3v) is 2.42. The molecule has 0 fully saturated rings. The van der Waals surface area contributed by atoms with Crippen molar-refractivity contribution in [3.63, 3.8) is 0 Å². The SMILES string of the molecule is C#CC(CC)Nc1ccc([N+](=O)[O-])cc1C(F)F. The number of nitro groups is 1. The summed E-state index contributed by atoms with van der Waals surface area (Å²) in [5, 5.41) is 13.3. The van der Waals surface area contributed by atoms with Crippen LogP contribution in [-0.4, -0.2) is 11.0 Å². The van der Waals surface area contributed by atoms with E-state index in [9.17, 15) is 18.9 Å². The predicted molar refractivity (Wildman–Crippen MR) is 64.6 cm³/mol. The van der Waals surface area contributed by atoms with Crippen LogP contribution in [0.1, 0.15) is 25.3 Å². The van der Waals surface area contributed by atoms with Crippen LogP contribution in [0.25, 0.3) is 0 Å². The maximum absolute atomic E-state index is 12.8. The number of nitrogens with zero attached hydrogens (tertiary/aromatic N) is 1. The molecular weight excluding hydrogens is 242 g/mol. The number of rotatable bonds is 5. The molecule has 0 bridgehead atoms. The average molecular weight is 254 g/mol. The van der Waals surface area contributed by atoms with Crippen molar-refractivity contribution in [1.82, 2.24) is 0 Å². The van der Waals surface area contributed by atoms with E-state index in [2.05, 4.69) is 11.2 Å². The number of non-ortho nitro benzene ring substituents is 1. The lowest BCUT2D eigenvalue weighted by atomic mass is 10.1. The molecule has 0 spiro atoms. The van der Waals surface area contributed by atoms with Crippen molar-refractivity contribution >= 4 is 11.4 Å². The zero-order valence-corrected chi connectivity index (χ0v) is 9.69. The lowest BCUT2D eigenvalue weighted by molar-refractivity contribution is -0.385. The van der Waals surface area contributed by atoms with Crippen molar-refractivity contribution < 1.29 is 13.7 Å². The Hall–Kier alpha value is -2.16. The van der Waals surface area contributed by atoms with Crippen LogP contribution in [0, 0.1) is 22.5 Å². The lowest BCUT2D eigenvalue weighted by Gasteiger charge is -2.15. The van der Waals surface area contributed by atoms with Gasteiger partial charge in [0.1, 0.15) is 0 Å². The highest BCUT2D eigenvalue weighted by Crippen LogP contribution is 2.31. The van der Waals surface area contributed by atoms with E-state index in [-0.39, 0.29) is 17.4 Å². The van der Waals surface area contributed by atoms with Crippen LogP contribution in [0.4, 0.5) is 20.2 Å². The molecule has 1 rings (SSSR count). The molecule has 0 radical (unpaired) electrons. The van der Waals surface area contributed by atoms with E-state index < -0.39 is 16.9 Å². The minimum absolute atomic E-state index is 0.125. The predicted octanol–water partition coefficient (Wildman–Crippen LogP) is 3.36. The van der Waals surface area contributed by atoms with Crippen molar-refractivity contribution in [3.05, 3.63) is 33.9 Å². The minimum atomic E-state index is -2.80. The summed E-state index contributed by atoms with van der Waals surface area (Å²) in [5.41, 5.74) is -0.664. The van der Waals surface area contributed by atoms with E-state index >= 15 is 0 Å². The molecule has 0 aliphatic carbocycles. The summed E-state index contributed by atoms with van der Waals surface area (Å²) < 4.78 is 25.6. The Morgan fingerprint density at radius 3 is 2.67 bits per heavy atom. The fourth-order valence-electron chi connectivity index (χ4n) is 1.42. The van der Waals surface area contributed by atoms with E-state index in [0.717, 1.165) is 12.1 Å². The average Bonchev–Trinajstić information content (AvgIpc) is 2.35. The molecule has 1 unspecified atom stereocenters. The van der Waals surface area contributed by atoms with Crippen LogP contribution in [-0.2, 0) is 0 Å². The monoisotopic (exact) mass is 254 g/mol. The van der Waals surface area contributed by atoms with Gasteiger partial charge in [0.15, 0.2) is 0 Å². The molecule has 4 nitrogen and oxygen atoms in total. The Morgan fingerprint density at radius 1 is 1.56 bits per heavy atom. The quantitative estimate of drug-likeness (QED) is 0.498. The van der Waals surface area contributed by atoms with E-state index in [1.807, 2.05) is 6.92 Å². The van der Waals surface area contributed by atoms with E-state index in [1.165, 1.54) is 6.07 Å². The van der Waals surface area contributed by atoms with E-state index in [1.54, 1.807) is 0 Å². The van der Waals surface area contributed by atoms with Crippen molar-refractivity contribution in [2.45, 2.75) is 25.8 Å². The van der Waals surface area contributed by atoms with Gasteiger partial charge in [0.05, 0.1) is 11.0 Å². The molecular formula is C12H12F2N2O2. The van der Waals surface area contributed by atoms with Crippen LogP contribution in [0.3, 0.4) is 0 Å². The summed E-state index contributed by atoms with van der Waals surface area (Å²) in [6, 6.07) is 2.89. The summed E-state index contributed by atoms with van der Waals surface area (Å²) >= 11 is 0. The van der Waals surface area contributed by atoms with Gasteiger partial charge in [-0.05, 0) is 12.5 Å². The molecule has 0 saturated carbocycles. The van der Waals surface area contributed by atoms with E-state index in [0.29, 0.717) is 6.42 Å². The lowest BCUT2D eigenvalue weighted by Crippen LogP contribution is -2.17. The molecule has 18 heavy (non-hydrogen) atoms. The molecule has 0 aliphatic rings. The van der Waals surface area contributed by atoms with Crippen LogP contribution >= 0.6 is 0 Å². The molecule has 96 valence electrons. The van der Waals surface area contributed by atoms with Gasteiger partial charge in [0.2, 0.25) is 0 Å². The van der Waals surface area contributed by atoms with Gasteiger partial charge in [-0.3, -0.25) is 10.1 Å². The van der Waals surface area contributed by atoms with Crippen molar-refractivity contribution in [1.29, 1.82) is 0 Å². The Bertz CT molecular complexity index is 483. The molecule has 0 heterocycles. The number of nitrogens with one attached hydrogen (secondary N) is 1. The molecule has 0 saturated heterocycles. The van der Waals surface area contributed by atoms with Gasteiger partial charge in [0.25, 0.3) is 12.1 Å². The second-order valence-corrected chi connectivity index (χ2v) is 3.60. The molecule has 6 heteroatoms.